The number of nitrogens with zero attached hydrogens (tertiary/aromatic N) is 1. The molecule has 2 atom stereocenters. The van der Waals surface area contributed by atoms with Gasteiger partial charge in [-0.3, -0.25) is 9.79 Å². The van der Waals surface area contributed by atoms with Gasteiger partial charge in [0, 0.05) is 6.54 Å². The van der Waals surface area contributed by atoms with Gasteiger partial charge in [-0.15, -0.1) is 0 Å². The van der Waals surface area contributed by atoms with Gasteiger partial charge in [0.05, 0.1) is 12.0 Å². The van der Waals surface area contributed by atoms with E-state index in [1.165, 1.54) is 0 Å². The van der Waals surface area contributed by atoms with Gasteiger partial charge in [0.15, 0.2) is 0 Å². The van der Waals surface area contributed by atoms with Crippen LogP contribution in [-0.2, 0) is 4.79 Å². The third-order valence-electron chi connectivity index (χ3n) is 2.45. The molecular formula is C8H13N3O. The maximum Gasteiger partial charge on any atom is 0.231 e. The Morgan fingerprint density at radius 3 is 3.25 bits per heavy atom. The highest BCUT2D eigenvalue weighted by Crippen LogP contribution is 2.18. The normalized spacial score (nSPS) is 35.1. The molecule has 0 aromatic carbocycles. The third kappa shape index (κ3) is 1.22. The Hall–Kier alpha value is -0.900. The topological polar surface area (TPSA) is 53.5 Å². The lowest BCUT2D eigenvalue weighted by Crippen LogP contribution is -2.52. The summed E-state index contributed by atoms with van der Waals surface area (Å²) in [6, 6.07) is 0.222. The van der Waals surface area contributed by atoms with Crippen LogP contribution < -0.4 is 10.6 Å². The van der Waals surface area contributed by atoms with Gasteiger partial charge in [-0.25, -0.2) is 0 Å². The van der Waals surface area contributed by atoms with E-state index < -0.39 is 0 Å². The van der Waals surface area contributed by atoms with Gasteiger partial charge in [0.1, 0.15) is 5.84 Å². The van der Waals surface area contributed by atoms with Gasteiger partial charge >= 0.3 is 0 Å². The minimum Gasteiger partial charge on any atom is -0.316 e. The predicted octanol–water partition coefficient (Wildman–Crippen LogP) is -0.487. The molecule has 0 saturated carbocycles. The van der Waals surface area contributed by atoms with Gasteiger partial charge < -0.3 is 10.6 Å². The van der Waals surface area contributed by atoms with Gasteiger partial charge in [-0.2, -0.15) is 0 Å². The summed E-state index contributed by atoms with van der Waals surface area (Å²) in [6.45, 7) is 3.59. The van der Waals surface area contributed by atoms with Gasteiger partial charge in [-0.1, -0.05) is 0 Å². The average molecular weight is 167 g/mol. The van der Waals surface area contributed by atoms with Gasteiger partial charge in [-0.05, 0) is 19.9 Å². The van der Waals surface area contributed by atoms with E-state index in [9.17, 15) is 4.79 Å². The number of fused-ring (bicyclic) bond motifs is 1. The van der Waals surface area contributed by atoms with Crippen LogP contribution in [0.25, 0.3) is 0 Å². The molecule has 2 unspecified atom stereocenters. The maximum absolute atomic E-state index is 11.4. The first-order valence-corrected chi connectivity index (χ1v) is 4.33. The molecule has 2 aliphatic heterocycles. The highest BCUT2D eigenvalue weighted by Gasteiger charge is 2.33. The lowest BCUT2D eigenvalue weighted by Gasteiger charge is -2.32. The lowest BCUT2D eigenvalue weighted by atomic mass is 9.92. The van der Waals surface area contributed by atoms with Crippen molar-refractivity contribution in [3.63, 3.8) is 0 Å². The fraction of sp³-hybridized carbons (Fsp3) is 0.750. The summed E-state index contributed by atoms with van der Waals surface area (Å²) in [5.74, 6) is 0.949. The summed E-state index contributed by atoms with van der Waals surface area (Å²) >= 11 is 0. The van der Waals surface area contributed by atoms with Crippen LogP contribution >= 0.6 is 0 Å². The molecule has 0 spiro atoms. The maximum atomic E-state index is 11.4. The summed E-state index contributed by atoms with van der Waals surface area (Å²) in [7, 11) is 0. The van der Waals surface area contributed by atoms with Crippen LogP contribution in [0, 0.1) is 5.92 Å². The van der Waals surface area contributed by atoms with Crippen LogP contribution in [0.4, 0.5) is 0 Å². The molecule has 2 heterocycles. The number of nitrogens with one attached hydrogen (secondary N) is 2. The number of amidine groups is 1. The van der Waals surface area contributed by atoms with Crippen molar-refractivity contribution in [1.82, 2.24) is 10.6 Å². The van der Waals surface area contributed by atoms with Crippen molar-refractivity contribution in [2.45, 2.75) is 19.4 Å². The molecule has 0 aliphatic carbocycles. The number of aliphatic imine (C=N–C) groups is 1. The summed E-state index contributed by atoms with van der Waals surface area (Å²) < 4.78 is 0. The second kappa shape index (κ2) is 2.86. The molecule has 0 bridgehead atoms. The summed E-state index contributed by atoms with van der Waals surface area (Å²) in [6.07, 6.45) is 0.982. The number of amides is 1. The van der Waals surface area contributed by atoms with Crippen molar-refractivity contribution in [2.75, 3.05) is 13.1 Å². The van der Waals surface area contributed by atoms with E-state index in [0.717, 1.165) is 25.3 Å². The van der Waals surface area contributed by atoms with E-state index in [-0.39, 0.29) is 17.9 Å². The quantitative estimate of drug-likeness (QED) is 0.511. The van der Waals surface area contributed by atoms with Crippen LogP contribution in [-0.4, -0.2) is 30.9 Å². The van der Waals surface area contributed by atoms with E-state index in [4.69, 9.17) is 0 Å². The van der Waals surface area contributed by atoms with Crippen molar-refractivity contribution in [2.24, 2.45) is 10.9 Å². The standard InChI is InChI=1S/C8H13N3O/c1-5-10-7-2-3-9-4-6(7)8(12)11-5/h6-7,9H,2-4H2,1H3,(H,10,11,12). The van der Waals surface area contributed by atoms with Gasteiger partial charge in [0.25, 0.3) is 0 Å². The fourth-order valence-electron chi connectivity index (χ4n) is 1.82. The van der Waals surface area contributed by atoms with E-state index in [0.29, 0.717) is 0 Å². The Kier molecular flexibility index (Phi) is 1.84. The zero-order valence-corrected chi connectivity index (χ0v) is 7.13. The van der Waals surface area contributed by atoms with Crippen LogP contribution in [0.5, 0.6) is 0 Å². The van der Waals surface area contributed by atoms with E-state index in [2.05, 4.69) is 15.6 Å². The third-order valence-corrected chi connectivity index (χ3v) is 2.45. The number of rotatable bonds is 0. The van der Waals surface area contributed by atoms with Gasteiger partial charge in [0.2, 0.25) is 5.91 Å². The van der Waals surface area contributed by atoms with Crippen LogP contribution in [0.3, 0.4) is 0 Å². The van der Waals surface area contributed by atoms with E-state index >= 15 is 0 Å². The van der Waals surface area contributed by atoms with E-state index in [1.807, 2.05) is 6.92 Å². The molecule has 66 valence electrons. The molecule has 4 nitrogen and oxygen atoms in total. The van der Waals surface area contributed by atoms with Crippen molar-refractivity contribution < 1.29 is 4.79 Å². The molecule has 1 amide bonds. The molecule has 2 rings (SSSR count). The average Bonchev–Trinajstić information content (AvgIpc) is 2.04. The Bertz CT molecular complexity index is 236. The zero-order valence-electron chi connectivity index (χ0n) is 7.13. The highest BCUT2D eigenvalue weighted by molar-refractivity contribution is 6.00. The van der Waals surface area contributed by atoms with Crippen LogP contribution in [0.1, 0.15) is 13.3 Å². The van der Waals surface area contributed by atoms with Crippen LogP contribution in [0.15, 0.2) is 4.99 Å². The Morgan fingerprint density at radius 1 is 1.58 bits per heavy atom. The smallest absolute Gasteiger partial charge is 0.231 e. The Balaban J connectivity index is 2.19. The number of hydrogen-bond acceptors (Lipinski definition) is 3. The minimum atomic E-state index is 0.0578. The molecule has 1 saturated heterocycles. The molecule has 1 fully saturated rings. The molecule has 0 radical (unpaired) electrons. The van der Waals surface area contributed by atoms with Crippen LogP contribution in [0.2, 0.25) is 0 Å². The second-order valence-corrected chi connectivity index (χ2v) is 3.37. The number of carbonyl (C=O) groups is 1. The number of hydrogen-bond donors (Lipinski definition) is 2. The molecule has 2 N–H and O–H groups in total. The SMILES string of the molecule is CC1=NC2CCNCC2C(=O)N1. The summed E-state index contributed by atoms with van der Waals surface area (Å²) in [4.78, 5) is 15.8. The number of carbonyl (C=O) groups excluding carboxylic acids is 1. The fourth-order valence-corrected chi connectivity index (χ4v) is 1.82. The minimum absolute atomic E-state index is 0.0578. The second-order valence-electron chi connectivity index (χ2n) is 3.37. The number of piperidine rings is 1. The van der Waals surface area contributed by atoms with Crippen molar-refractivity contribution in [1.29, 1.82) is 0 Å². The summed E-state index contributed by atoms with van der Waals surface area (Å²) in [5.41, 5.74) is 0. The first-order valence-electron chi connectivity index (χ1n) is 4.33. The molecule has 4 heteroatoms. The van der Waals surface area contributed by atoms with E-state index in [1.54, 1.807) is 0 Å². The first kappa shape index (κ1) is 7.73. The predicted molar refractivity (Wildman–Crippen MR) is 46.0 cm³/mol. The summed E-state index contributed by atoms with van der Waals surface area (Å²) in [5, 5.41) is 5.95. The molecule has 0 aromatic heterocycles. The van der Waals surface area contributed by atoms with Crippen molar-refractivity contribution in [3.05, 3.63) is 0 Å². The Labute approximate surface area is 71.4 Å². The zero-order chi connectivity index (χ0) is 8.55. The molecule has 2 aliphatic rings. The molecule has 12 heavy (non-hydrogen) atoms. The lowest BCUT2D eigenvalue weighted by molar-refractivity contribution is -0.125. The molecular weight excluding hydrogens is 154 g/mol. The monoisotopic (exact) mass is 167 g/mol. The highest BCUT2D eigenvalue weighted by atomic mass is 16.2. The first-order chi connectivity index (χ1) is 5.77. The Morgan fingerprint density at radius 2 is 2.42 bits per heavy atom. The van der Waals surface area contributed by atoms with Crippen molar-refractivity contribution >= 4 is 11.7 Å². The largest absolute Gasteiger partial charge is 0.316 e. The molecule has 0 aromatic rings. The van der Waals surface area contributed by atoms with Crippen molar-refractivity contribution in [3.8, 4) is 0 Å².